The third kappa shape index (κ3) is 8.14. The molecule has 4 heteroatoms. The molecule has 0 aromatic heterocycles. The summed E-state index contributed by atoms with van der Waals surface area (Å²) in [5.41, 5.74) is 0. The van der Waals surface area contributed by atoms with Crippen LogP contribution in [0.3, 0.4) is 0 Å². The van der Waals surface area contributed by atoms with Crippen molar-refractivity contribution in [2.24, 2.45) is 0 Å². The van der Waals surface area contributed by atoms with Crippen LogP contribution in [0.2, 0.25) is 0 Å². The van der Waals surface area contributed by atoms with Crippen LogP contribution < -0.4 is 5.32 Å². The summed E-state index contributed by atoms with van der Waals surface area (Å²) in [6.07, 6.45) is 2.37. The van der Waals surface area contributed by atoms with Gasteiger partial charge in [-0.05, 0) is 30.7 Å². The standard InChI is InChI=1S/C14H22BrNOS/c1-2-3-10-17-11-8-16-9-12-18-14-6-4-13(15)5-7-14/h4-7,16H,2-3,8-12H2,1H3. The quantitative estimate of drug-likeness (QED) is 0.518. The summed E-state index contributed by atoms with van der Waals surface area (Å²) in [6, 6.07) is 8.44. The Kier molecular flexibility index (Phi) is 9.66. The van der Waals surface area contributed by atoms with Gasteiger partial charge >= 0.3 is 0 Å². The van der Waals surface area contributed by atoms with Crippen molar-refractivity contribution in [3.8, 4) is 0 Å². The zero-order valence-electron chi connectivity index (χ0n) is 11.0. The lowest BCUT2D eigenvalue weighted by Gasteiger charge is -2.06. The molecule has 1 N–H and O–H groups in total. The topological polar surface area (TPSA) is 21.3 Å². The summed E-state index contributed by atoms with van der Waals surface area (Å²) in [4.78, 5) is 1.32. The number of thioether (sulfide) groups is 1. The largest absolute Gasteiger partial charge is 0.380 e. The highest BCUT2D eigenvalue weighted by atomic mass is 79.9. The van der Waals surface area contributed by atoms with Gasteiger partial charge in [0.25, 0.3) is 0 Å². The van der Waals surface area contributed by atoms with E-state index in [4.69, 9.17) is 4.74 Å². The number of hydrogen-bond donors (Lipinski definition) is 1. The monoisotopic (exact) mass is 331 g/mol. The van der Waals surface area contributed by atoms with Gasteiger partial charge in [0.15, 0.2) is 0 Å². The minimum Gasteiger partial charge on any atom is -0.380 e. The highest BCUT2D eigenvalue weighted by Crippen LogP contribution is 2.19. The van der Waals surface area contributed by atoms with Crippen molar-refractivity contribution < 1.29 is 4.74 Å². The summed E-state index contributed by atoms with van der Waals surface area (Å²) in [5.74, 6) is 1.09. The molecule has 0 aliphatic heterocycles. The fraction of sp³-hybridized carbons (Fsp3) is 0.571. The zero-order valence-corrected chi connectivity index (χ0v) is 13.4. The highest BCUT2D eigenvalue weighted by molar-refractivity contribution is 9.10. The summed E-state index contributed by atoms with van der Waals surface area (Å²) < 4.78 is 6.61. The molecule has 0 spiro atoms. The second-order valence-corrected chi connectivity index (χ2v) is 6.10. The molecule has 2 nitrogen and oxygen atoms in total. The van der Waals surface area contributed by atoms with Crippen LogP contribution in [0.15, 0.2) is 33.6 Å². The molecule has 0 aliphatic rings. The van der Waals surface area contributed by atoms with Gasteiger partial charge in [0.05, 0.1) is 6.61 Å². The van der Waals surface area contributed by atoms with Crippen molar-refractivity contribution in [1.29, 1.82) is 0 Å². The molecular weight excluding hydrogens is 310 g/mol. The van der Waals surface area contributed by atoms with E-state index in [9.17, 15) is 0 Å². The molecule has 1 aromatic rings. The molecule has 18 heavy (non-hydrogen) atoms. The highest BCUT2D eigenvalue weighted by Gasteiger charge is 1.94. The molecule has 0 heterocycles. The van der Waals surface area contributed by atoms with Gasteiger partial charge in [0.1, 0.15) is 0 Å². The van der Waals surface area contributed by atoms with E-state index in [0.717, 1.165) is 36.5 Å². The Morgan fingerprint density at radius 1 is 1.17 bits per heavy atom. The smallest absolute Gasteiger partial charge is 0.0590 e. The SMILES string of the molecule is CCCCOCCNCCSc1ccc(Br)cc1. The third-order valence-corrected chi connectivity index (χ3v) is 3.97. The Bertz CT molecular complexity index is 305. The van der Waals surface area contributed by atoms with Gasteiger partial charge in [-0.15, -0.1) is 11.8 Å². The summed E-state index contributed by atoms with van der Waals surface area (Å²) >= 11 is 5.31. The zero-order chi connectivity index (χ0) is 13.1. The lowest BCUT2D eigenvalue weighted by molar-refractivity contribution is 0.133. The number of unbranched alkanes of at least 4 members (excludes halogenated alkanes) is 1. The maximum Gasteiger partial charge on any atom is 0.0590 e. The van der Waals surface area contributed by atoms with Crippen molar-refractivity contribution >= 4 is 27.7 Å². The van der Waals surface area contributed by atoms with Crippen LogP contribution in [0.1, 0.15) is 19.8 Å². The fourth-order valence-electron chi connectivity index (χ4n) is 1.39. The van der Waals surface area contributed by atoms with Crippen molar-refractivity contribution in [1.82, 2.24) is 5.32 Å². The van der Waals surface area contributed by atoms with Crippen molar-refractivity contribution in [2.45, 2.75) is 24.7 Å². The van der Waals surface area contributed by atoms with Crippen molar-refractivity contribution in [3.63, 3.8) is 0 Å². The van der Waals surface area contributed by atoms with E-state index in [2.05, 4.69) is 52.4 Å². The Hall–Kier alpha value is -0.0300. The second kappa shape index (κ2) is 10.9. The van der Waals surface area contributed by atoms with Crippen molar-refractivity contribution in [3.05, 3.63) is 28.7 Å². The van der Waals surface area contributed by atoms with Crippen LogP contribution in [0.25, 0.3) is 0 Å². The van der Waals surface area contributed by atoms with Crippen LogP contribution in [-0.2, 0) is 4.74 Å². The molecule has 1 rings (SSSR count). The number of rotatable bonds is 10. The van der Waals surface area contributed by atoms with E-state index < -0.39 is 0 Å². The minimum atomic E-state index is 0.822. The van der Waals surface area contributed by atoms with Gasteiger partial charge in [-0.25, -0.2) is 0 Å². The van der Waals surface area contributed by atoms with E-state index in [0.29, 0.717) is 0 Å². The lowest BCUT2D eigenvalue weighted by Crippen LogP contribution is -2.22. The fourth-order valence-corrected chi connectivity index (χ4v) is 2.46. The van der Waals surface area contributed by atoms with E-state index in [1.165, 1.54) is 17.7 Å². The molecule has 0 atom stereocenters. The van der Waals surface area contributed by atoms with E-state index in [1.807, 2.05) is 11.8 Å². The third-order valence-electron chi connectivity index (χ3n) is 2.43. The molecule has 0 saturated heterocycles. The maximum atomic E-state index is 5.48. The Morgan fingerprint density at radius 2 is 1.94 bits per heavy atom. The molecule has 0 amide bonds. The van der Waals surface area contributed by atoms with E-state index in [-0.39, 0.29) is 0 Å². The minimum absolute atomic E-state index is 0.822. The molecule has 0 fully saturated rings. The van der Waals surface area contributed by atoms with E-state index >= 15 is 0 Å². The molecule has 0 saturated carbocycles. The predicted molar refractivity (Wildman–Crippen MR) is 83.5 cm³/mol. The van der Waals surface area contributed by atoms with Crippen LogP contribution in [0.5, 0.6) is 0 Å². The number of hydrogen-bond acceptors (Lipinski definition) is 3. The van der Waals surface area contributed by atoms with Gasteiger partial charge in [-0.3, -0.25) is 0 Å². The molecule has 102 valence electrons. The molecule has 0 unspecified atom stereocenters. The van der Waals surface area contributed by atoms with Gasteiger partial charge in [-0.2, -0.15) is 0 Å². The molecule has 0 bridgehead atoms. The number of halogens is 1. The molecule has 0 aliphatic carbocycles. The first-order chi connectivity index (χ1) is 8.83. The molecular formula is C14H22BrNOS. The lowest BCUT2D eigenvalue weighted by atomic mass is 10.4. The van der Waals surface area contributed by atoms with E-state index in [1.54, 1.807) is 0 Å². The number of nitrogens with one attached hydrogen (secondary N) is 1. The van der Waals surface area contributed by atoms with Crippen LogP contribution >= 0.6 is 27.7 Å². The van der Waals surface area contributed by atoms with Crippen LogP contribution in [0, 0.1) is 0 Å². The Balaban J connectivity index is 1.91. The Morgan fingerprint density at radius 3 is 2.67 bits per heavy atom. The summed E-state index contributed by atoms with van der Waals surface area (Å²) in [7, 11) is 0. The van der Waals surface area contributed by atoms with Gasteiger partial charge in [0, 0.05) is 34.8 Å². The normalized spacial score (nSPS) is 10.8. The number of ether oxygens (including phenoxy) is 1. The van der Waals surface area contributed by atoms with Crippen LogP contribution in [0.4, 0.5) is 0 Å². The maximum absolute atomic E-state index is 5.48. The van der Waals surface area contributed by atoms with Gasteiger partial charge in [0.2, 0.25) is 0 Å². The number of benzene rings is 1. The average molecular weight is 332 g/mol. The molecule has 1 aromatic carbocycles. The predicted octanol–water partition coefficient (Wildman–Crippen LogP) is 3.95. The first kappa shape index (κ1) is 16.0. The second-order valence-electron chi connectivity index (χ2n) is 4.02. The molecule has 0 radical (unpaired) electrons. The van der Waals surface area contributed by atoms with Crippen LogP contribution in [-0.4, -0.2) is 32.1 Å². The summed E-state index contributed by atoms with van der Waals surface area (Å²) in [5, 5.41) is 3.39. The summed E-state index contributed by atoms with van der Waals surface area (Å²) in [6.45, 7) is 5.87. The average Bonchev–Trinajstić information content (AvgIpc) is 2.39. The first-order valence-corrected chi connectivity index (χ1v) is 8.27. The van der Waals surface area contributed by atoms with Gasteiger partial charge in [-0.1, -0.05) is 29.3 Å². The first-order valence-electron chi connectivity index (χ1n) is 6.49. The Labute approximate surface area is 123 Å². The van der Waals surface area contributed by atoms with Crippen molar-refractivity contribution in [2.75, 3.05) is 32.1 Å². The van der Waals surface area contributed by atoms with Gasteiger partial charge < -0.3 is 10.1 Å².